The Kier molecular flexibility index (Phi) is 3.53. The maximum absolute atomic E-state index is 12.8. The first kappa shape index (κ1) is 14.8. The van der Waals surface area contributed by atoms with Crippen LogP contribution in [-0.4, -0.2) is 23.0 Å². The van der Waals surface area contributed by atoms with Crippen molar-refractivity contribution < 1.29 is 9.53 Å². The number of halogens is 1. The van der Waals surface area contributed by atoms with Crippen LogP contribution in [0.25, 0.3) is 0 Å². The number of hydrogen-bond donors (Lipinski definition) is 0. The maximum Gasteiger partial charge on any atom is 0.261 e. The average Bonchev–Trinajstić information content (AvgIpc) is 2.73. The van der Waals surface area contributed by atoms with E-state index in [0.717, 1.165) is 5.56 Å². The van der Waals surface area contributed by atoms with Crippen molar-refractivity contribution in [2.75, 3.05) is 12.0 Å². The zero-order valence-corrected chi connectivity index (χ0v) is 13.4. The van der Waals surface area contributed by atoms with Crippen LogP contribution >= 0.6 is 11.6 Å². The summed E-state index contributed by atoms with van der Waals surface area (Å²) in [5.41, 5.74) is 2.28. The largest absolute Gasteiger partial charge is 0.481 e. The molecule has 0 N–H and O–H groups in total. The molecule has 3 heterocycles. The summed E-state index contributed by atoms with van der Waals surface area (Å²) in [6, 6.07) is 5.33. The van der Waals surface area contributed by atoms with Crippen LogP contribution in [0.2, 0.25) is 0 Å². The number of alkyl halides is 1. The van der Waals surface area contributed by atoms with Gasteiger partial charge in [0, 0.05) is 18.1 Å². The molecule has 3 rings (SSSR count). The molecule has 0 saturated heterocycles. The van der Waals surface area contributed by atoms with Crippen LogP contribution in [0.15, 0.2) is 30.6 Å². The van der Waals surface area contributed by atoms with Crippen molar-refractivity contribution in [1.29, 1.82) is 0 Å². The van der Waals surface area contributed by atoms with Crippen molar-refractivity contribution in [3.8, 4) is 5.88 Å². The molecule has 114 valence electrons. The second kappa shape index (κ2) is 5.25. The fraction of sp³-hybridized carbons (Fsp3) is 0.312. The van der Waals surface area contributed by atoms with E-state index >= 15 is 0 Å². The lowest BCUT2D eigenvalue weighted by Gasteiger charge is -2.31. The van der Waals surface area contributed by atoms with Gasteiger partial charge in [0.05, 0.1) is 35.8 Å². The van der Waals surface area contributed by atoms with Gasteiger partial charge in [-0.2, -0.15) is 0 Å². The molecule has 0 fully saturated rings. The number of pyridine rings is 2. The summed E-state index contributed by atoms with van der Waals surface area (Å²) in [6.45, 7) is 3.91. The lowest BCUT2D eigenvalue weighted by atomic mass is 9.99. The number of ether oxygens (including phenoxy) is 1. The quantitative estimate of drug-likeness (QED) is 0.816. The van der Waals surface area contributed by atoms with E-state index < -0.39 is 5.54 Å². The molecule has 1 aliphatic rings. The number of amides is 1. The van der Waals surface area contributed by atoms with E-state index in [1.807, 2.05) is 19.9 Å². The van der Waals surface area contributed by atoms with E-state index in [-0.39, 0.29) is 5.91 Å². The van der Waals surface area contributed by atoms with Crippen LogP contribution in [0.1, 0.15) is 35.5 Å². The first-order chi connectivity index (χ1) is 10.5. The van der Waals surface area contributed by atoms with Crippen molar-refractivity contribution in [3.63, 3.8) is 0 Å². The minimum atomic E-state index is -0.590. The van der Waals surface area contributed by atoms with Crippen LogP contribution < -0.4 is 9.64 Å². The summed E-state index contributed by atoms with van der Waals surface area (Å²) in [7, 11) is 1.56. The molecule has 5 nitrogen and oxygen atoms in total. The molecule has 0 unspecified atom stereocenters. The molecule has 0 spiro atoms. The molecular weight excluding hydrogens is 302 g/mol. The number of anilines is 1. The smallest absolute Gasteiger partial charge is 0.261 e. The second-order valence-corrected chi connectivity index (χ2v) is 5.90. The summed E-state index contributed by atoms with van der Waals surface area (Å²) in [4.78, 5) is 23.1. The Morgan fingerprint density at radius 2 is 2.09 bits per heavy atom. The van der Waals surface area contributed by atoms with Crippen molar-refractivity contribution >= 4 is 23.2 Å². The number of methoxy groups -OCH3 is 1. The molecule has 22 heavy (non-hydrogen) atoms. The summed E-state index contributed by atoms with van der Waals surface area (Å²) in [5.74, 6) is 0.750. The Labute approximate surface area is 133 Å². The SMILES string of the molecule is COc1ccc2c(n1)C(C)(C)N(c1cncc(CCl)c1)C2=O. The van der Waals surface area contributed by atoms with Gasteiger partial charge in [0.2, 0.25) is 5.88 Å². The van der Waals surface area contributed by atoms with E-state index in [1.165, 1.54) is 0 Å². The van der Waals surface area contributed by atoms with Gasteiger partial charge in [-0.3, -0.25) is 14.7 Å². The molecular formula is C16H16ClN3O2. The number of aromatic nitrogens is 2. The fourth-order valence-corrected chi connectivity index (χ4v) is 2.93. The van der Waals surface area contributed by atoms with Crippen molar-refractivity contribution in [1.82, 2.24) is 9.97 Å². The van der Waals surface area contributed by atoms with Gasteiger partial charge in [-0.15, -0.1) is 11.6 Å². The molecule has 1 aliphatic heterocycles. The Balaban J connectivity index is 2.13. The van der Waals surface area contributed by atoms with Crippen LogP contribution in [0.5, 0.6) is 5.88 Å². The summed E-state index contributed by atoms with van der Waals surface area (Å²) < 4.78 is 5.17. The van der Waals surface area contributed by atoms with Gasteiger partial charge in [-0.25, -0.2) is 4.98 Å². The molecule has 0 radical (unpaired) electrons. The molecule has 6 heteroatoms. The predicted octanol–water partition coefficient (Wildman–Crippen LogP) is 3.12. The summed E-state index contributed by atoms with van der Waals surface area (Å²) in [5, 5.41) is 0. The molecule has 0 bridgehead atoms. The summed E-state index contributed by atoms with van der Waals surface area (Å²) in [6.07, 6.45) is 3.36. The van der Waals surface area contributed by atoms with E-state index in [2.05, 4.69) is 9.97 Å². The number of carbonyl (C=O) groups excluding carboxylic acids is 1. The number of rotatable bonds is 3. The zero-order valence-electron chi connectivity index (χ0n) is 12.6. The van der Waals surface area contributed by atoms with Crippen LogP contribution in [0.4, 0.5) is 5.69 Å². The van der Waals surface area contributed by atoms with Crippen LogP contribution in [0.3, 0.4) is 0 Å². The van der Waals surface area contributed by atoms with E-state index in [0.29, 0.717) is 28.7 Å². The second-order valence-electron chi connectivity index (χ2n) is 5.63. The van der Waals surface area contributed by atoms with E-state index in [4.69, 9.17) is 16.3 Å². The van der Waals surface area contributed by atoms with Crippen LogP contribution in [0, 0.1) is 0 Å². The van der Waals surface area contributed by atoms with E-state index in [1.54, 1.807) is 36.5 Å². The Morgan fingerprint density at radius 1 is 1.32 bits per heavy atom. The molecule has 0 atom stereocenters. The van der Waals surface area contributed by atoms with Gasteiger partial charge in [0.25, 0.3) is 5.91 Å². The molecule has 0 saturated carbocycles. The lowest BCUT2D eigenvalue weighted by molar-refractivity contribution is 0.0982. The van der Waals surface area contributed by atoms with Gasteiger partial charge < -0.3 is 4.74 Å². The highest BCUT2D eigenvalue weighted by atomic mass is 35.5. The Bertz CT molecular complexity index is 746. The molecule has 1 amide bonds. The molecule has 0 aromatic carbocycles. The highest BCUT2D eigenvalue weighted by molar-refractivity contribution is 6.17. The average molecular weight is 318 g/mol. The first-order valence-electron chi connectivity index (χ1n) is 6.89. The third-order valence-corrected chi connectivity index (χ3v) is 4.15. The third-order valence-electron chi connectivity index (χ3n) is 3.84. The Morgan fingerprint density at radius 3 is 2.77 bits per heavy atom. The third kappa shape index (κ3) is 2.13. The molecule has 2 aromatic rings. The highest BCUT2D eigenvalue weighted by Gasteiger charge is 2.45. The van der Waals surface area contributed by atoms with Gasteiger partial charge in [-0.1, -0.05) is 0 Å². The molecule has 2 aromatic heterocycles. The van der Waals surface area contributed by atoms with Crippen molar-refractivity contribution in [2.45, 2.75) is 25.3 Å². The van der Waals surface area contributed by atoms with Crippen molar-refractivity contribution in [2.24, 2.45) is 0 Å². The van der Waals surface area contributed by atoms with Crippen LogP contribution in [-0.2, 0) is 11.4 Å². The van der Waals surface area contributed by atoms with Crippen molar-refractivity contribution in [3.05, 3.63) is 47.4 Å². The van der Waals surface area contributed by atoms with Gasteiger partial charge in [0.15, 0.2) is 0 Å². The maximum atomic E-state index is 12.8. The van der Waals surface area contributed by atoms with E-state index in [9.17, 15) is 4.79 Å². The van der Waals surface area contributed by atoms with Gasteiger partial charge in [-0.05, 0) is 31.5 Å². The number of fused-ring (bicyclic) bond motifs is 1. The zero-order chi connectivity index (χ0) is 15.9. The minimum absolute atomic E-state index is 0.0938. The minimum Gasteiger partial charge on any atom is -0.481 e. The lowest BCUT2D eigenvalue weighted by Crippen LogP contribution is -2.39. The monoisotopic (exact) mass is 317 g/mol. The number of nitrogens with zero attached hydrogens (tertiary/aromatic N) is 3. The van der Waals surface area contributed by atoms with Gasteiger partial charge >= 0.3 is 0 Å². The number of carbonyl (C=O) groups is 1. The first-order valence-corrected chi connectivity index (χ1v) is 7.42. The fourth-order valence-electron chi connectivity index (χ4n) is 2.78. The normalized spacial score (nSPS) is 15.8. The topological polar surface area (TPSA) is 55.3 Å². The highest BCUT2D eigenvalue weighted by Crippen LogP contribution is 2.41. The summed E-state index contributed by atoms with van der Waals surface area (Å²) >= 11 is 5.87. The predicted molar refractivity (Wildman–Crippen MR) is 84.4 cm³/mol. The standard InChI is InChI=1S/C16H16ClN3O2/c1-16(2)14-12(4-5-13(19-14)22-3)15(21)20(16)11-6-10(7-17)8-18-9-11/h4-6,8-9H,7H2,1-3H3. The number of hydrogen-bond acceptors (Lipinski definition) is 4. The molecule has 0 aliphatic carbocycles. The van der Waals surface area contributed by atoms with Gasteiger partial charge in [0.1, 0.15) is 0 Å². The Hall–Kier alpha value is -2.14.